The Bertz CT molecular complexity index is 399. The van der Waals surface area contributed by atoms with Crippen molar-refractivity contribution in [3.63, 3.8) is 0 Å². The van der Waals surface area contributed by atoms with Crippen molar-refractivity contribution in [3.8, 4) is 0 Å². The fourth-order valence-electron chi connectivity index (χ4n) is 2.37. The molecule has 1 heterocycles. The number of benzene rings is 1. The Kier molecular flexibility index (Phi) is 4.57. The van der Waals surface area contributed by atoms with E-state index < -0.39 is 0 Å². The van der Waals surface area contributed by atoms with Gasteiger partial charge in [-0.3, -0.25) is 0 Å². The summed E-state index contributed by atoms with van der Waals surface area (Å²) in [6.45, 7) is 10.7. The molecule has 0 aliphatic carbocycles. The zero-order chi connectivity index (χ0) is 12.8. The lowest BCUT2D eigenvalue weighted by Crippen LogP contribution is -2.43. The minimum absolute atomic E-state index is 0.604. The standard InChI is InChI=1S/C14H20N4/c1-16-12-2-4-14(5-3-12)18-10-6-13(7-11-18)17-9-8-15/h2-5,13,17H,6-11,15H2. The molecule has 0 bridgehead atoms. The maximum atomic E-state index is 6.94. The Morgan fingerprint density at radius 3 is 2.50 bits per heavy atom. The lowest BCUT2D eigenvalue weighted by atomic mass is 10.0. The van der Waals surface area contributed by atoms with Gasteiger partial charge in [0.2, 0.25) is 0 Å². The smallest absolute Gasteiger partial charge is 0.187 e. The summed E-state index contributed by atoms with van der Waals surface area (Å²) in [7, 11) is 0. The summed E-state index contributed by atoms with van der Waals surface area (Å²) >= 11 is 0. The number of nitrogens with zero attached hydrogens (tertiary/aromatic N) is 2. The second-order valence-corrected chi connectivity index (χ2v) is 4.63. The van der Waals surface area contributed by atoms with Crippen molar-refractivity contribution in [2.24, 2.45) is 5.73 Å². The third-order valence-corrected chi connectivity index (χ3v) is 3.42. The van der Waals surface area contributed by atoms with E-state index in [9.17, 15) is 0 Å². The first-order chi connectivity index (χ1) is 8.83. The normalized spacial score (nSPS) is 16.6. The number of nitrogens with one attached hydrogen (secondary N) is 1. The molecule has 1 aliphatic heterocycles. The first kappa shape index (κ1) is 12.9. The molecule has 18 heavy (non-hydrogen) atoms. The van der Waals surface area contributed by atoms with Gasteiger partial charge in [-0.2, -0.15) is 0 Å². The van der Waals surface area contributed by atoms with Gasteiger partial charge in [0.05, 0.1) is 6.57 Å². The van der Waals surface area contributed by atoms with Gasteiger partial charge in [-0.25, -0.2) is 4.85 Å². The molecule has 0 saturated carbocycles. The highest BCUT2D eigenvalue weighted by Gasteiger charge is 2.18. The van der Waals surface area contributed by atoms with Crippen molar-refractivity contribution in [3.05, 3.63) is 35.7 Å². The van der Waals surface area contributed by atoms with Crippen LogP contribution in [0.25, 0.3) is 4.85 Å². The molecule has 2 rings (SSSR count). The third-order valence-electron chi connectivity index (χ3n) is 3.42. The minimum Gasteiger partial charge on any atom is -0.371 e. The van der Waals surface area contributed by atoms with E-state index in [-0.39, 0.29) is 0 Å². The van der Waals surface area contributed by atoms with Crippen molar-refractivity contribution in [1.29, 1.82) is 0 Å². The molecule has 4 heteroatoms. The van der Waals surface area contributed by atoms with Gasteiger partial charge < -0.3 is 16.0 Å². The molecule has 4 nitrogen and oxygen atoms in total. The molecular formula is C14H20N4. The zero-order valence-corrected chi connectivity index (χ0v) is 10.6. The topological polar surface area (TPSA) is 45.6 Å². The summed E-state index contributed by atoms with van der Waals surface area (Å²) in [5.41, 5.74) is 7.42. The molecule has 96 valence electrons. The average Bonchev–Trinajstić information content (AvgIpc) is 2.46. The van der Waals surface area contributed by atoms with Crippen LogP contribution in [0.3, 0.4) is 0 Å². The predicted molar refractivity (Wildman–Crippen MR) is 75.0 cm³/mol. The number of anilines is 1. The maximum Gasteiger partial charge on any atom is 0.187 e. The predicted octanol–water partition coefficient (Wildman–Crippen LogP) is 1.75. The van der Waals surface area contributed by atoms with E-state index in [1.54, 1.807) is 0 Å². The van der Waals surface area contributed by atoms with Crippen molar-refractivity contribution >= 4 is 11.4 Å². The van der Waals surface area contributed by atoms with Gasteiger partial charge in [-0.1, -0.05) is 12.1 Å². The van der Waals surface area contributed by atoms with Crippen molar-refractivity contribution in [2.45, 2.75) is 18.9 Å². The Balaban J connectivity index is 1.87. The van der Waals surface area contributed by atoms with Gasteiger partial charge in [-0.15, -0.1) is 0 Å². The molecule has 0 unspecified atom stereocenters. The summed E-state index contributed by atoms with van der Waals surface area (Å²) in [5, 5.41) is 3.47. The number of hydrogen-bond acceptors (Lipinski definition) is 3. The molecule has 0 aromatic heterocycles. The summed E-state index contributed by atoms with van der Waals surface area (Å²) in [6.07, 6.45) is 2.31. The number of piperidine rings is 1. The Labute approximate surface area is 109 Å². The van der Waals surface area contributed by atoms with E-state index in [1.807, 2.05) is 24.3 Å². The van der Waals surface area contributed by atoms with Crippen LogP contribution < -0.4 is 16.0 Å². The van der Waals surface area contributed by atoms with Crippen molar-refractivity contribution < 1.29 is 0 Å². The molecule has 0 spiro atoms. The van der Waals surface area contributed by atoms with Gasteiger partial charge in [0, 0.05) is 37.9 Å². The van der Waals surface area contributed by atoms with Crippen LogP contribution in [-0.2, 0) is 0 Å². The molecule has 1 aliphatic rings. The maximum absolute atomic E-state index is 6.94. The molecular weight excluding hydrogens is 224 g/mol. The summed E-state index contributed by atoms with van der Waals surface area (Å²) in [5.74, 6) is 0. The lowest BCUT2D eigenvalue weighted by molar-refractivity contribution is 0.420. The van der Waals surface area contributed by atoms with Crippen LogP contribution >= 0.6 is 0 Å². The Hall–Kier alpha value is -1.57. The Morgan fingerprint density at radius 1 is 1.28 bits per heavy atom. The summed E-state index contributed by atoms with van der Waals surface area (Å²) in [4.78, 5) is 5.80. The SMILES string of the molecule is [C-]#[N+]c1ccc(N2CCC(NCCN)CC2)cc1. The van der Waals surface area contributed by atoms with E-state index in [4.69, 9.17) is 12.3 Å². The van der Waals surface area contributed by atoms with Gasteiger partial charge in [0.1, 0.15) is 0 Å². The summed E-state index contributed by atoms with van der Waals surface area (Å²) in [6, 6.07) is 8.47. The fourth-order valence-corrected chi connectivity index (χ4v) is 2.37. The molecule has 1 aromatic rings. The quantitative estimate of drug-likeness (QED) is 0.793. The average molecular weight is 244 g/mol. The van der Waals surface area contributed by atoms with Crippen LogP contribution in [0.5, 0.6) is 0 Å². The first-order valence-electron chi connectivity index (χ1n) is 6.49. The molecule has 1 fully saturated rings. The second kappa shape index (κ2) is 6.39. The second-order valence-electron chi connectivity index (χ2n) is 4.63. The van der Waals surface area contributed by atoms with Crippen molar-refractivity contribution in [1.82, 2.24) is 5.32 Å². The van der Waals surface area contributed by atoms with Crippen LogP contribution in [0.1, 0.15) is 12.8 Å². The highest BCUT2D eigenvalue weighted by atomic mass is 15.1. The number of nitrogens with two attached hydrogens (primary N) is 1. The lowest BCUT2D eigenvalue weighted by Gasteiger charge is -2.34. The number of hydrogen-bond donors (Lipinski definition) is 2. The van der Waals surface area contributed by atoms with E-state index >= 15 is 0 Å². The van der Waals surface area contributed by atoms with Crippen LogP contribution in [0.15, 0.2) is 24.3 Å². The molecule has 0 radical (unpaired) electrons. The van der Waals surface area contributed by atoms with Crippen LogP contribution in [0, 0.1) is 6.57 Å². The highest BCUT2D eigenvalue weighted by molar-refractivity contribution is 5.55. The highest BCUT2D eigenvalue weighted by Crippen LogP contribution is 2.23. The largest absolute Gasteiger partial charge is 0.371 e. The van der Waals surface area contributed by atoms with E-state index in [0.29, 0.717) is 18.3 Å². The van der Waals surface area contributed by atoms with E-state index in [2.05, 4.69) is 15.1 Å². The van der Waals surface area contributed by atoms with Gasteiger partial charge in [0.15, 0.2) is 5.69 Å². The third kappa shape index (κ3) is 3.22. The molecule has 3 N–H and O–H groups in total. The van der Waals surface area contributed by atoms with Crippen LogP contribution in [-0.4, -0.2) is 32.2 Å². The minimum atomic E-state index is 0.604. The van der Waals surface area contributed by atoms with Crippen LogP contribution in [0.2, 0.25) is 0 Å². The fraction of sp³-hybridized carbons (Fsp3) is 0.500. The van der Waals surface area contributed by atoms with Crippen molar-refractivity contribution in [2.75, 3.05) is 31.1 Å². The molecule has 1 aromatic carbocycles. The van der Waals surface area contributed by atoms with Crippen LogP contribution in [0.4, 0.5) is 11.4 Å². The number of rotatable bonds is 4. The first-order valence-corrected chi connectivity index (χ1v) is 6.49. The monoisotopic (exact) mass is 244 g/mol. The zero-order valence-electron chi connectivity index (χ0n) is 10.6. The molecule has 0 atom stereocenters. The Morgan fingerprint density at radius 2 is 1.94 bits per heavy atom. The van der Waals surface area contributed by atoms with Gasteiger partial charge in [-0.05, 0) is 25.0 Å². The van der Waals surface area contributed by atoms with E-state index in [0.717, 1.165) is 32.5 Å². The molecule has 0 amide bonds. The molecule has 1 saturated heterocycles. The van der Waals surface area contributed by atoms with Gasteiger partial charge in [0.25, 0.3) is 0 Å². The summed E-state index contributed by atoms with van der Waals surface area (Å²) < 4.78 is 0. The van der Waals surface area contributed by atoms with Gasteiger partial charge >= 0.3 is 0 Å². The van der Waals surface area contributed by atoms with E-state index in [1.165, 1.54) is 5.69 Å².